The minimum atomic E-state index is -0.822. The zero-order valence-corrected chi connectivity index (χ0v) is 12.6. The molecule has 7 nitrogen and oxygen atoms in total. The van der Waals surface area contributed by atoms with Crippen molar-refractivity contribution in [3.63, 3.8) is 0 Å². The highest BCUT2D eigenvalue weighted by atomic mass is 16.4. The third-order valence-corrected chi connectivity index (χ3v) is 3.15. The summed E-state index contributed by atoms with van der Waals surface area (Å²) in [7, 11) is 1.82. The fourth-order valence-electron chi connectivity index (χ4n) is 2.11. The number of aromatic nitrogens is 2. The van der Waals surface area contributed by atoms with Crippen LogP contribution in [0.15, 0.2) is 14.9 Å². The second-order valence-corrected chi connectivity index (χ2v) is 5.26. The molecule has 21 heavy (non-hydrogen) atoms. The summed E-state index contributed by atoms with van der Waals surface area (Å²) in [4.78, 5) is 12.7. The third-order valence-electron chi connectivity index (χ3n) is 3.15. The third kappa shape index (κ3) is 3.69. The SMILES string of the molecule is Cc1cc(-c2nnc(CN(C)CC(C)C(=O)O)o2)c(C)o1. The van der Waals surface area contributed by atoms with E-state index in [0.29, 0.717) is 24.9 Å². The van der Waals surface area contributed by atoms with Gasteiger partial charge in [-0.1, -0.05) is 6.92 Å². The summed E-state index contributed by atoms with van der Waals surface area (Å²) in [6.07, 6.45) is 0. The van der Waals surface area contributed by atoms with Crippen molar-refractivity contribution in [3.05, 3.63) is 23.5 Å². The molecule has 0 saturated heterocycles. The van der Waals surface area contributed by atoms with Crippen molar-refractivity contribution < 1.29 is 18.7 Å². The number of aliphatic carboxylic acids is 1. The van der Waals surface area contributed by atoms with E-state index in [0.717, 1.165) is 17.1 Å². The summed E-state index contributed by atoms with van der Waals surface area (Å²) in [5.41, 5.74) is 0.785. The van der Waals surface area contributed by atoms with Crippen LogP contribution in [0, 0.1) is 19.8 Å². The molecule has 1 unspecified atom stereocenters. The highest BCUT2D eigenvalue weighted by Gasteiger charge is 2.18. The van der Waals surface area contributed by atoms with Gasteiger partial charge >= 0.3 is 5.97 Å². The van der Waals surface area contributed by atoms with E-state index in [1.165, 1.54) is 0 Å². The fourth-order valence-corrected chi connectivity index (χ4v) is 2.11. The average Bonchev–Trinajstić information content (AvgIpc) is 2.95. The quantitative estimate of drug-likeness (QED) is 0.871. The molecule has 0 saturated carbocycles. The van der Waals surface area contributed by atoms with E-state index in [1.54, 1.807) is 6.92 Å². The van der Waals surface area contributed by atoms with Crippen LogP contribution in [0.1, 0.15) is 24.3 Å². The van der Waals surface area contributed by atoms with Crippen LogP contribution in [0.4, 0.5) is 0 Å². The van der Waals surface area contributed by atoms with Crippen molar-refractivity contribution in [2.75, 3.05) is 13.6 Å². The normalized spacial score (nSPS) is 12.8. The number of rotatable bonds is 6. The van der Waals surface area contributed by atoms with Gasteiger partial charge < -0.3 is 13.9 Å². The Bertz CT molecular complexity index is 632. The number of carboxylic acid groups (broad SMARTS) is 1. The van der Waals surface area contributed by atoms with Gasteiger partial charge in [-0.25, -0.2) is 0 Å². The van der Waals surface area contributed by atoms with Crippen molar-refractivity contribution in [1.82, 2.24) is 15.1 Å². The van der Waals surface area contributed by atoms with E-state index in [-0.39, 0.29) is 0 Å². The summed E-state index contributed by atoms with van der Waals surface area (Å²) in [5, 5.41) is 16.9. The first-order valence-electron chi connectivity index (χ1n) is 6.68. The van der Waals surface area contributed by atoms with Crippen LogP contribution in [0.3, 0.4) is 0 Å². The number of aryl methyl sites for hydroxylation is 2. The van der Waals surface area contributed by atoms with Gasteiger partial charge in [0.1, 0.15) is 11.5 Å². The lowest BCUT2D eigenvalue weighted by molar-refractivity contribution is -0.141. The zero-order valence-electron chi connectivity index (χ0n) is 12.6. The van der Waals surface area contributed by atoms with Gasteiger partial charge in [0.15, 0.2) is 0 Å². The Balaban J connectivity index is 2.03. The van der Waals surface area contributed by atoms with Crippen molar-refractivity contribution in [3.8, 4) is 11.5 Å². The van der Waals surface area contributed by atoms with Gasteiger partial charge in [-0.2, -0.15) is 0 Å². The molecule has 0 aromatic carbocycles. The fraction of sp³-hybridized carbons (Fsp3) is 0.500. The molecule has 2 heterocycles. The van der Waals surface area contributed by atoms with E-state index in [4.69, 9.17) is 13.9 Å². The minimum absolute atomic E-state index is 0.403. The second-order valence-electron chi connectivity index (χ2n) is 5.26. The smallest absolute Gasteiger partial charge is 0.307 e. The first kappa shape index (κ1) is 15.2. The number of carboxylic acids is 1. The first-order chi connectivity index (χ1) is 9.86. The molecule has 1 atom stereocenters. The van der Waals surface area contributed by atoms with Gasteiger partial charge in [0.05, 0.1) is 18.0 Å². The van der Waals surface area contributed by atoms with Crippen molar-refractivity contribution >= 4 is 5.97 Å². The maximum atomic E-state index is 10.8. The Hall–Kier alpha value is -2.15. The Morgan fingerprint density at radius 2 is 2.10 bits per heavy atom. The molecule has 0 bridgehead atoms. The maximum absolute atomic E-state index is 10.8. The molecule has 2 rings (SSSR count). The molecule has 2 aromatic rings. The largest absolute Gasteiger partial charge is 0.481 e. The number of hydrogen-bond donors (Lipinski definition) is 1. The van der Waals surface area contributed by atoms with E-state index >= 15 is 0 Å². The zero-order chi connectivity index (χ0) is 15.6. The van der Waals surface area contributed by atoms with Gasteiger partial charge in [-0.3, -0.25) is 9.69 Å². The number of carbonyl (C=O) groups is 1. The van der Waals surface area contributed by atoms with Crippen LogP contribution in [0.5, 0.6) is 0 Å². The number of hydrogen-bond acceptors (Lipinski definition) is 6. The highest BCUT2D eigenvalue weighted by Crippen LogP contribution is 2.25. The molecular formula is C14H19N3O4. The lowest BCUT2D eigenvalue weighted by Crippen LogP contribution is -2.28. The molecule has 0 aliphatic rings. The monoisotopic (exact) mass is 293 g/mol. The van der Waals surface area contributed by atoms with Crippen LogP contribution in [0.2, 0.25) is 0 Å². The molecule has 114 valence electrons. The maximum Gasteiger partial charge on any atom is 0.307 e. The Morgan fingerprint density at radius 3 is 2.67 bits per heavy atom. The summed E-state index contributed by atoms with van der Waals surface area (Å²) in [6.45, 7) is 6.18. The Morgan fingerprint density at radius 1 is 1.38 bits per heavy atom. The topological polar surface area (TPSA) is 92.6 Å². The van der Waals surface area contributed by atoms with Gasteiger partial charge in [0, 0.05) is 6.54 Å². The predicted molar refractivity (Wildman–Crippen MR) is 74.6 cm³/mol. The molecule has 7 heteroatoms. The lowest BCUT2D eigenvalue weighted by atomic mass is 10.2. The molecular weight excluding hydrogens is 274 g/mol. The Labute approximate surface area is 122 Å². The number of furan rings is 1. The molecule has 0 radical (unpaired) electrons. The standard InChI is InChI=1S/C14H19N3O4/c1-8(14(18)19)6-17(4)7-12-15-16-13(21-12)11-5-9(2)20-10(11)3/h5,8H,6-7H2,1-4H3,(H,18,19). The van der Waals surface area contributed by atoms with Crippen LogP contribution in [-0.2, 0) is 11.3 Å². The van der Waals surface area contributed by atoms with E-state index < -0.39 is 11.9 Å². The lowest BCUT2D eigenvalue weighted by Gasteiger charge is -2.16. The predicted octanol–water partition coefficient (Wildman–Crippen LogP) is 2.10. The van der Waals surface area contributed by atoms with Gasteiger partial charge in [-0.05, 0) is 27.0 Å². The first-order valence-corrected chi connectivity index (χ1v) is 6.68. The summed E-state index contributed by atoms with van der Waals surface area (Å²) in [5.74, 6) is 1.11. The van der Waals surface area contributed by atoms with Crippen LogP contribution >= 0.6 is 0 Å². The molecule has 0 aliphatic carbocycles. The molecule has 0 spiro atoms. The van der Waals surface area contributed by atoms with Crippen LogP contribution < -0.4 is 0 Å². The summed E-state index contributed by atoms with van der Waals surface area (Å²) >= 11 is 0. The van der Waals surface area contributed by atoms with Crippen LogP contribution in [-0.4, -0.2) is 39.8 Å². The van der Waals surface area contributed by atoms with Gasteiger partial charge in [-0.15, -0.1) is 10.2 Å². The highest BCUT2D eigenvalue weighted by molar-refractivity contribution is 5.69. The van der Waals surface area contributed by atoms with Crippen molar-refractivity contribution in [1.29, 1.82) is 0 Å². The minimum Gasteiger partial charge on any atom is -0.481 e. The molecule has 0 amide bonds. The van der Waals surface area contributed by atoms with E-state index in [1.807, 2.05) is 31.9 Å². The summed E-state index contributed by atoms with van der Waals surface area (Å²) < 4.78 is 11.0. The molecule has 0 fully saturated rings. The van der Waals surface area contributed by atoms with E-state index in [9.17, 15) is 4.79 Å². The second kappa shape index (κ2) is 6.09. The van der Waals surface area contributed by atoms with Gasteiger partial charge in [0.2, 0.25) is 5.89 Å². The Kier molecular flexibility index (Phi) is 4.42. The molecule has 0 aliphatic heterocycles. The average molecular weight is 293 g/mol. The van der Waals surface area contributed by atoms with Crippen molar-refractivity contribution in [2.24, 2.45) is 5.92 Å². The number of nitrogens with zero attached hydrogens (tertiary/aromatic N) is 3. The van der Waals surface area contributed by atoms with E-state index in [2.05, 4.69) is 10.2 Å². The van der Waals surface area contributed by atoms with Crippen LogP contribution in [0.25, 0.3) is 11.5 Å². The summed E-state index contributed by atoms with van der Waals surface area (Å²) in [6, 6.07) is 1.85. The van der Waals surface area contributed by atoms with Gasteiger partial charge in [0.25, 0.3) is 5.89 Å². The molecule has 2 aromatic heterocycles. The van der Waals surface area contributed by atoms with Crippen molar-refractivity contribution in [2.45, 2.75) is 27.3 Å². The molecule has 1 N–H and O–H groups in total.